The van der Waals surface area contributed by atoms with Gasteiger partial charge in [0, 0.05) is 39.0 Å². The molecular weight excluding hydrogens is 647 g/mol. The second kappa shape index (κ2) is 12.4. The number of benzene rings is 4. The van der Waals surface area contributed by atoms with Crippen molar-refractivity contribution in [3.63, 3.8) is 0 Å². The molecule has 0 amide bonds. The lowest BCUT2D eigenvalue weighted by molar-refractivity contribution is 0.627. The molecule has 0 radical (unpaired) electrons. The Hall–Kier alpha value is -4.46. The van der Waals surface area contributed by atoms with Crippen LogP contribution in [-0.4, -0.2) is 0 Å². The van der Waals surface area contributed by atoms with E-state index in [1.807, 2.05) is 46.9 Å². The molecule has 8 rings (SSSR count). The molecule has 0 aliphatic rings. The Morgan fingerprint density at radius 1 is 0.217 bits per heavy atom. The Morgan fingerprint density at radius 2 is 0.413 bits per heavy atom. The van der Waals surface area contributed by atoms with Crippen LogP contribution in [0.3, 0.4) is 0 Å². The van der Waals surface area contributed by atoms with E-state index >= 15 is 0 Å². The molecule has 0 N–H and O–H groups in total. The van der Waals surface area contributed by atoms with Gasteiger partial charge in [0.15, 0.2) is 0 Å². The largest absolute Gasteiger partial charge is 0.207 e. The van der Waals surface area contributed by atoms with Gasteiger partial charge in [0.1, 0.15) is 11.6 Å². The van der Waals surface area contributed by atoms with Gasteiger partial charge in [-0.2, -0.15) is 0 Å². The number of rotatable bonds is 7. The third-order valence-corrected chi connectivity index (χ3v) is 12.9. The van der Waals surface area contributed by atoms with Crippen LogP contribution in [0.2, 0.25) is 0 Å². The molecule has 6 heteroatoms. The number of hydrogen-bond acceptors (Lipinski definition) is 4. The van der Waals surface area contributed by atoms with Crippen LogP contribution in [0.15, 0.2) is 146 Å². The van der Waals surface area contributed by atoms with Crippen molar-refractivity contribution in [2.75, 3.05) is 0 Å². The summed E-state index contributed by atoms with van der Waals surface area (Å²) < 4.78 is 26.6. The maximum absolute atomic E-state index is 13.3. The van der Waals surface area contributed by atoms with Gasteiger partial charge >= 0.3 is 0 Å². The van der Waals surface area contributed by atoms with Gasteiger partial charge < -0.3 is 0 Å². The molecule has 46 heavy (non-hydrogen) atoms. The fraction of sp³-hybridized carbons (Fsp3) is 0. The fourth-order valence-corrected chi connectivity index (χ4v) is 9.70. The van der Waals surface area contributed by atoms with E-state index in [0.29, 0.717) is 0 Å². The Kier molecular flexibility index (Phi) is 7.80. The lowest BCUT2D eigenvalue weighted by atomic mass is 10.0. The Bertz CT molecular complexity index is 2080. The molecule has 0 fully saturated rings. The third kappa shape index (κ3) is 5.93. The summed E-state index contributed by atoms with van der Waals surface area (Å²) in [6.45, 7) is 0. The smallest absolute Gasteiger partial charge is 0.123 e. The van der Waals surface area contributed by atoms with Crippen LogP contribution in [0.5, 0.6) is 0 Å². The van der Waals surface area contributed by atoms with Crippen LogP contribution in [0.4, 0.5) is 8.78 Å². The number of halogens is 2. The summed E-state index contributed by atoms with van der Waals surface area (Å²) in [7, 11) is 0. The van der Waals surface area contributed by atoms with Gasteiger partial charge in [0.05, 0.1) is 0 Å². The van der Waals surface area contributed by atoms with Crippen molar-refractivity contribution in [3.05, 3.63) is 157 Å². The second-order valence-corrected chi connectivity index (χ2v) is 15.2. The van der Waals surface area contributed by atoms with Crippen molar-refractivity contribution in [3.8, 4) is 72.4 Å². The molecule has 0 unspecified atom stereocenters. The highest BCUT2D eigenvalue weighted by Crippen LogP contribution is 2.45. The monoisotopic (exact) mass is 670 g/mol. The van der Waals surface area contributed by atoms with Crippen LogP contribution in [0.1, 0.15) is 0 Å². The lowest BCUT2D eigenvalue weighted by Gasteiger charge is -2.03. The zero-order valence-electron chi connectivity index (χ0n) is 24.2. The maximum atomic E-state index is 13.3. The summed E-state index contributed by atoms with van der Waals surface area (Å²) in [5.41, 5.74) is 6.54. The van der Waals surface area contributed by atoms with E-state index < -0.39 is 0 Å². The quantitative estimate of drug-likeness (QED) is 0.158. The first-order chi connectivity index (χ1) is 22.6. The first kappa shape index (κ1) is 29.0. The zero-order chi connectivity index (χ0) is 31.0. The van der Waals surface area contributed by atoms with E-state index in [1.54, 1.807) is 22.7 Å². The molecule has 4 heterocycles. The molecular formula is C40H24F2S4. The normalized spacial score (nSPS) is 11.3. The second-order valence-electron chi connectivity index (χ2n) is 10.8. The van der Waals surface area contributed by atoms with Crippen LogP contribution in [0, 0.1) is 11.6 Å². The van der Waals surface area contributed by atoms with Gasteiger partial charge in [0.25, 0.3) is 0 Å². The van der Waals surface area contributed by atoms with Crippen molar-refractivity contribution >= 4 is 45.3 Å². The summed E-state index contributed by atoms with van der Waals surface area (Å²) in [4.78, 5) is 10.1. The summed E-state index contributed by atoms with van der Waals surface area (Å²) in [5, 5.41) is 0. The average molecular weight is 671 g/mol. The molecule has 0 aliphatic carbocycles. The van der Waals surface area contributed by atoms with Gasteiger partial charge in [-0.05, 0) is 106 Å². The summed E-state index contributed by atoms with van der Waals surface area (Å²) in [6.07, 6.45) is 0. The predicted octanol–water partition coefficient (Wildman–Crippen LogP) is 13.9. The van der Waals surface area contributed by atoms with E-state index in [-0.39, 0.29) is 11.6 Å². The summed E-state index contributed by atoms with van der Waals surface area (Å²) in [5.74, 6) is -0.439. The minimum absolute atomic E-state index is 0.219. The minimum Gasteiger partial charge on any atom is -0.207 e. The summed E-state index contributed by atoms with van der Waals surface area (Å²) in [6, 6.07) is 47.9. The first-order valence-electron chi connectivity index (χ1n) is 14.7. The van der Waals surface area contributed by atoms with Gasteiger partial charge in [-0.25, -0.2) is 8.78 Å². The third-order valence-electron chi connectivity index (χ3n) is 7.85. The van der Waals surface area contributed by atoms with Gasteiger partial charge in [0.2, 0.25) is 0 Å². The van der Waals surface area contributed by atoms with Crippen LogP contribution in [0.25, 0.3) is 72.4 Å². The van der Waals surface area contributed by atoms with Gasteiger partial charge in [-0.3, -0.25) is 0 Å². The van der Waals surface area contributed by atoms with Gasteiger partial charge in [-0.1, -0.05) is 72.8 Å². The standard InChI is InChI=1S/C40H24F2S4/c41-31-13-9-27(10-14-31)25-1-5-29(6-2-25)33-17-19-35(43-33)37-21-23-39(45-37)40-24-22-38(46-40)36-20-18-34(44-36)30-7-3-26(4-8-30)28-11-15-32(42)16-12-28/h1-24H. The SMILES string of the molecule is Fc1ccc(-c2ccc(-c3ccc(-c4ccc(-c5ccc(-c6ccc(-c7ccc(-c8ccc(F)cc8)cc7)s6)s5)s4)s3)cc2)cc1. The highest BCUT2D eigenvalue weighted by atomic mass is 32.1. The molecule has 4 aromatic carbocycles. The highest BCUT2D eigenvalue weighted by molar-refractivity contribution is 7.29. The molecule has 0 bridgehead atoms. The molecule has 0 aliphatic heterocycles. The van der Waals surface area contributed by atoms with Crippen molar-refractivity contribution < 1.29 is 8.78 Å². The lowest BCUT2D eigenvalue weighted by Crippen LogP contribution is -1.79. The summed E-state index contributed by atoms with van der Waals surface area (Å²) >= 11 is 7.27. The van der Waals surface area contributed by atoms with Crippen molar-refractivity contribution in [2.45, 2.75) is 0 Å². The van der Waals surface area contributed by atoms with Crippen molar-refractivity contribution in [2.24, 2.45) is 0 Å². The number of thiophene rings is 4. The average Bonchev–Trinajstić information content (AvgIpc) is 3.92. The molecule has 0 saturated carbocycles. The maximum Gasteiger partial charge on any atom is 0.123 e. The van der Waals surface area contributed by atoms with Crippen molar-refractivity contribution in [1.29, 1.82) is 0 Å². The molecule has 0 nitrogen and oxygen atoms in total. The van der Waals surface area contributed by atoms with E-state index in [9.17, 15) is 8.78 Å². The number of hydrogen-bond donors (Lipinski definition) is 0. The van der Waals surface area contributed by atoms with Gasteiger partial charge in [-0.15, -0.1) is 45.3 Å². The zero-order valence-corrected chi connectivity index (χ0v) is 27.5. The van der Waals surface area contributed by atoms with E-state index in [1.165, 1.54) is 74.4 Å². The fourth-order valence-electron chi connectivity index (χ4n) is 5.39. The molecule has 0 spiro atoms. The Balaban J connectivity index is 0.961. The predicted molar refractivity (Wildman–Crippen MR) is 196 cm³/mol. The first-order valence-corrected chi connectivity index (χ1v) is 18.0. The van der Waals surface area contributed by atoms with Crippen molar-refractivity contribution in [1.82, 2.24) is 0 Å². The Morgan fingerprint density at radius 3 is 0.696 bits per heavy atom. The Labute approximate surface area is 282 Å². The highest BCUT2D eigenvalue weighted by Gasteiger charge is 2.13. The van der Waals surface area contributed by atoms with E-state index in [2.05, 4.69) is 97.1 Å². The van der Waals surface area contributed by atoms with E-state index in [0.717, 1.165) is 22.3 Å². The molecule has 0 saturated heterocycles. The van der Waals surface area contributed by atoms with Crippen LogP contribution >= 0.6 is 45.3 Å². The molecule has 222 valence electrons. The molecule has 0 atom stereocenters. The van der Waals surface area contributed by atoms with Crippen LogP contribution < -0.4 is 0 Å². The minimum atomic E-state index is -0.219. The molecule has 4 aromatic heterocycles. The topological polar surface area (TPSA) is 0 Å². The van der Waals surface area contributed by atoms with Crippen LogP contribution in [-0.2, 0) is 0 Å². The molecule has 8 aromatic rings. The van der Waals surface area contributed by atoms with E-state index in [4.69, 9.17) is 0 Å².